The Hall–Kier alpha value is 0.380. The second-order valence-corrected chi connectivity index (χ2v) is 7.84. The van der Waals surface area contributed by atoms with E-state index in [2.05, 4.69) is 20.7 Å². The Labute approximate surface area is 107 Å². The first kappa shape index (κ1) is 13.4. The first-order chi connectivity index (χ1) is 6.95. The second kappa shape index (κ2) is 5.63. The van der Waals surface area contributed by atoms with Crippen molar-refractivity contribution in [2.45, 2.75) is 23.6 Å². The van der Waals surface area contributed by atoms with Crippen LogP contribution in [0.25, 0.3) is 0 Å². The molecule has 0 aliphatic carbocycles. The predicted octanol–water partition coefficient (Wildman–Crippen LogP) is 2.81. The fraction of sp³-hybridized carbons (Fsp3) is 0.500. The Morgan fingerprint density at radius 3 is 2.73 bits per heavy atom. The van der Waals surface area contributed by atoms with Crippen LogP contribution in [0.4, 0.5) is 0 Å². The lowest BCUT2D eigenvalue weighted by Gasteiger charge is -2.11. The van der Waals surface area contributed by atoms with Crippen molar-refractivity contribution in [2.75, 3.05) is 5.88 Å². The molecule has 0 bridgehead atoms. The number of sulfonamides is 1. The molecule has 15 heavy (non-hydrogen) atoms. The van der Waals surface area contributed by atoms with Gasteiger partial charge in [-0.2, -0.15) is 0 Å². The molecule has 7 heteroatoms. The largest absolute Gasteiger partial charge is 0.250 e. The van der Waals surface area contributed by atoms with Gasteiger partial charge in [0.2, 0.25) is 10.0 Å². The molecule has 1 atom stereocenters. The topological polar surface area (TPSA) is 46.2 Å². The van der Waals surface area contributed by atoms with Gasteiger partial charge in [0.05, 0.1) is 3.79 Å². The Morgan fingerprint density at radius 1 is 1.60 bits per heavy atom. The van der Waals surface area contributed by atoms with Gasteiger partial charge >= 0.3 is 0 Å². The summed E-state index contributed by atoms with van der Waals surface area (Å²) in [6.45, 7) is 1.79. The van der Waals surface area contributed by atoms with E-state index in [0.717, 1.165) is 3.79 Å². The van der Waals surface area contributed by atoms with E-state index in [-0.39, 0.29) is 6.04 Å². The molecule has 0 spiro atoms. The van der Waals surface area contributed by atoms with Gasteiger partial charge in [0.25, 0.3) is 0 Å². The van der Waals surface area contributed by atoms with Crippen LogP contribution >= 0.6 is 38.9 Å². The van der Waals surface area contributed by atoms with Gasteiger partial charge < -0.3 is 0 Å². The summed E-state index contributed by atoms with van der Waals surface area (Å²) in [6.07, 6.45) is 0.618. The molecule has 1 rings (SSSR count). The Kier molecular flexibility index (Phi) is 5.05. The van der Waals surface area contributed by atoms with Crippen molar-refractivity contribution < 1.29 is 8.42 Å². The average molecular weight is 333 g/mol. The van der Waals surface area contributed by atoms with E-state index in [1.54, 1.807) is 19.1 Å². The molecular weight excluding hydrogens is 322 g/mol. The molecular formula is C8H11BrClNO2S2. The maximum atomic E-state index is 11.8. The van der Waals surface area contributed by atoms with Crippen LogP contribution in [-0.2, 0) is 10.0 Å². The fourth-order valence-corrected chi connectivity index (χ4v) is 4.62. The van der Waals surface area contributed by atoms with Gasteiger partial charge in [-0.1, -0.05) is 0 Å². The maximum absolute atomic E-state index is 11.8. The van der Waals surface area contributed by atoms with E-state index in [4.69, 9.17) is 11.6 Å². The number of nitrogens with one attached hydrogen (secondary N) is 1. The Morgan fingerprint density at radius 2 is 2.27 bits per heavy atom. The predicted molar refractivity (Wildman–Crippen MR) is 67.1 cm³/mol. The second-order valence-electron chi connectivity index (χ2n) is 3.06. The van der Waals surface area contributed by atoms with Crippen molar-refractivity contribution in [1.29, 1.82) is 0 Å². The lowest BCUT2D eigenvalue weighted by molar-refractivity contribution is 0.558. The summed E-state index contributed by atoms with van der Waals surface area (Å²) in [7, 11) is -3.38. The molecule has 86 valence electrons. The van der Waals surface area contributed by atoms with Gasteiger partial charge in [0.15, 0.2) is 0 Å². The number of hydrogen-bond donors (Lipinski definition) is 1. The summed E-state index contributed by atoms with van der Waals surface area (Å²) in [5.74, 6) is 0.442. The molecule has 0 saturated heterocycles. The maximum Gasteiger partial charge on any atom is 0.250 e. The third-order valence-electron chi connectivity index (χ3n) is 1.71. The number of halogens is 2. The van der Waals surface area contributed by atoms with Crippen LogP contribution < -0.4 is 4.72 Å². The molecule has 1 heterocycles. The quantitative estimate of drug-likeness (QED) is 0.843. The molecule has 3 nitrogen and oxygen atoms in total. The third kappa shape index (κ3) is 4.03. The standard InChI is InChI=1S/C8H11BrClNO2S2/c1-6(4-5-10)11-15(12,13)8-3-2-7(9)14-8/h2-3,6,11H,4-5H2,1H3. The monoisotopic (exact) mass is 331 g/mol. The molecule has 1 N–H and O–H groups in total. The lowest BCUT2D eigenvalue weighted by atomic mass is 10.3. The van der Waals surface area contributed by atoms with E-state index in [1.807, 2.05) is 0 Å². The van der Waals surface area contributed by atoms with Crippen LogP contribution in [0.15, 0.2) is 20.1 Å². The lowest BCUT2D eigenvalue weighted by Crippen LogP contribution is -2.32. The molecule has 0 amide bonds. The van der Waals surface area contributed by atoms with Crippen LogP contribution in [-0.4, -0.2) is 20.3 Å². The zero-order valence-electron chi connectivity index (χ0n) is 8.04. The summed E-state index contributed by atoms with van der Waals surface area (Å²) in [5, 5.41) is 0. The van der Waals surface area contributed by atoms with E-state index >= 15 is 0 Å². The van der Waals surface area contributed by atoms with Crippen LogP contribution in [0.2, 0.25) is 0 Å². The van der Waals surface area contributed by atoms with Gasteiger partial charge in [0.1, 0.15) is 4.21 Å². The van der Waals surface area contributed by atoms with Crippen LogP contribution in [0, 0.1) is 0 Å². The van der Waals surface area contributed by atoms with Crippen molar-refractivity contribution in [2.24, 2.45) is 0 Å². The first-order valence-electron chi connectivity index (χ1n) is 4.29. The minimum absolute atomic E-state index is 0.145. The van der Waals surface area contributed by atoms with E-state index in [1.165, 1.54) is 11.3 Å². The van der Waals surface area contributed by atoms with Crippen molar-refractivity contribution in [1.82, 2.24) is 4.72 Å². The van der Waals surface area contributed by atoms with Gasteiger partial charge in [-0.05, 0) is 41.4 Å². The average Bonchev–Trinajstić information content (AvgIpc) is 2.51. The normalized spacial score (nSPS) is 14.1. The third-order valence-corrected chi connectivity index (χ3v) is 5.64. The van der Waals surface area contributed by atoms with Gasteiger partial charge in [-0.15, -0.1) is 22.9 Å². The summed E-state index contributed by atoms with van der Waals surface area (Å²) in [4.78, 5) is 0. The summed E-state index contributed by atoms with van der Waals surface area (Å²) < 4.78 is 27.2. The zero-order chi connectivity index (χ0) is 11.5. The number of hydrogen-bond acceptors (Lipinski definition) is 3. The van der Waals surface area contributed by atoms with Crippen LogP contribution in [0.1, 0.15) is 13.3 Å². The van der Waals surface area contributed by atoms with Crippen molar-refractivity contribution in [3.8, 4) is 0 Å². The van der Waals surface area contributed by atoms with Gasteiger partial charge in [-0.25, -0.2) is 13.1 Å². The molecule has 1 unspecified atom stereocenters. The molecule has 0 fully saturated rings. The highest BCUT2D eigenvalue weighted by atomic mass is 79.9. The van der Waals surface area contributed by atoms with E-state index in [9.17, 15) is 8.42 Å². The number of rotatable bonds is 5. The van der Waals surface area contributed by atoms with E-state index < -0.39 is 10.0 Å². The van der Waals surface area contributed by atoms with Crippen LogP contribution in [0.3, 0.4) is 0 Å². The highest BCUT2D eigenvalue weighted by Crippen LogP contribution is 2.26. The zero-order valence-corrected chi connectivity index (χ0v) is 12.0. The minimum Gasteiger partial charge on any atom is -0.208 e. The molecule has 0 saturated carbocycles. The highest BCUT2D eigenvalue weighted by molar-refractivity contribution is 9.11. The van der Waals surface area contributed by atoms with Crippen molar-refractivity contribution in [3.63, 3.8) is 0 Å². The number of alkyl halides is 1. The molecule has 1 aromatic heterocycles. The first-order valence-corrected chi connectivity index (χ1v) is 7.92. The molecule has 0 radical (unpaired) electrons. The van der Waals surface area contributed by atoms with Crippen molar-refractivity contribution >= 4 is 48.9 Å². The fourth-order valence-electron chi connectivity index (χ4n) is 0.988. The minimum atomic E-state index is -3.38. The summed E-state index contributed by atoms with van der Waals surface area (Å²) >= 11 is 9.95. The van der Waals surface area contributed by atoms with Gasteiger partial charge in [-0.3, -0.25) is 0 Å². The van der Waals surface area contributed by atoms with Gasteiger partial charge in [0, 0.05) is 11.9 Å². The highest BCUT2D eigenvalue weighted by Gasteiger charge is 2.18. The number of thiophene rings is 1. The molecule has 0 aromatic carbocycles. The Balaban J connectivity index is 2.76. The summed E-state index contributed by atoms with van der Waals surface area (Å²) in [6, 6.07) is 3.14. The van der Waals surface area contributed by atoms with E-state index in [0.29, 0.717) is 16.5 Å². The van der Waals surface area contributed by atoms with Crippen LogP contribution in [0.5, 0.6) is 0 Å². The Bertz CT molecular complexity index is 418. The smallest absolute Gasteiger partial charge is 0.208 e. The molecule has 1 aromatic rings. The summed E-state index contributed by atoms with van der Waals surface area (Å²) in [5.41, 5.74) is 0. The van der Waals surface area contributed by atoms with Crippen molar-refractivity contribution in [3.05, 3.63) is 15.9 Å². The molecule has 0 aliphatic heterocycles. The molecule has 0 aliphatic rings. The SMILES string of the molecule is CC(CCCl)NS(=O)(=O)c1ccc(Br)s1.